The van der Waals surface area contributed by atoms with Crippen molar-refractivity contribution in [1.82, 2.24) is 0 Å². The van der Waals surface area contributed by atoms with Crippen LogP contribution in [-0.4, -0.2) is 46.7 Å². The molecule has 184 valence electrons. The van der Waals surface area contributed by atoms with Gasteiger partial charge in [0.15, 0.2) is 0 Å². The van der Waals surface area contributed by atoms with Gasteiger partial charge in [-0.25, -0.2) is 0 Å². The summed E-state index contributed by atoms with van der Waals surface area (Å²) in [5.74, 6) is 1.96. The van der Waals surface area contributed by atoms with Gasteiger partial charge in [0.25, 0.3) is 0 Å². The summed E-state index contributed by atoms with van der Waals surface area (Å²) >= 11 is 0. The predicted octanol–water partition coefficient (Wildman–Crippen LogP) is 4.17. The zero-order chi connectivity index (χ0) is 23.4. The number of hydrogen-bond donors (Lipinski definition) is 3. The van der Waals surface area contributed by atoms with E-state index in [9.17, 15) is 20.1 Å². The van der Waals surface area contributed by atoms with Crippen LogP contribution in [0, 0.1) is 52.3 Å². The average molecular weight is 451 g/mol. The van der Waals surface area contributed by atoms with E-state index >= 15 is 0 Å². The van der Waals surface area contributed by atoms with Gasteiger partial charge in [0, 0.05) is 6.42 Å². The van der Waals surface area contributed by atoms with Crippen molar-refractivity contribution in [1.29, 1.82) is 0 Å². The molecule has 4 unspecified atom stereocenters. The van der Waals surface area contributed by atoms with E-state index in [1.165, 1.54) is 7.11 Å². The lowest BCUT2D eigenvalue weighted by molar-refractivity contribution is -0.228. The molecular formula is C27H46O5. The van der Waals surface area contributed by atoms with Crippen molar-refractivity contribution in [3.63, 3.8) is 0 Å². The minimum Gasteiger partial charge on any atom is -0.469 e. The highest BCUT2D eigenvalue weighted by Gasteiger charge is 2.67. The molecule has 4 aliphatic carbocycles. The van der Waals surface area contributed by atoms with Crippen LogP contribution in [0.3, 0.4) is 0 Å². The highest BCUT2D eigenvalue weighted by Crippen LogP contribution is 2.69. The number of rotatable bonds is 5. The van der Waals surface area contributed by atoms with Crippen LogP contribution in [0.25, 0.3) is 0 Å². The Balaban J connectivity index is 1.63. The van der Waals surface area contributed by atoms with Crippen LogP contribution in [0.5, 0.6) is 0 Å². The van der Waals surface area contributed by atoms with Crippen LogP contribution >= 0.6 is 0 Å². The van der Waals surface area contributed by atoms with Gasteiger partial charge in [0.1, 0.15) is 0 Å². The SMILES string of the molecule is CC[C@H]1C(O)C2C3CC[C@H]([C@H](C)CCC(=O)OC)[C@@]3(C)[C@@H](O)CC2[C@@]2(C)CC[C@@H](O)C[C@@H]12. The molecule has 0 saturated heterocycles. The molecule has 3 N–H and O–H groups in total. The first-order valence-corrected chi connectivity index (χ1v) is 13.2. The summed E-state index contributed by atoms with van der Waals surface area (Å²) in [5.41, 5.74) is -0.131. The molecule has 0 radical (unpaired) electrons. The van der Waals surface area contributed by atoms with Crippen molar-refractivity contribution in [3.8, 4) is 0 Å². The maximum absolute atomic E-state index is 11.8. The molecule has 0 heterocycles. The first-order chi connectivity index (χ1) is 15.1. The fourth-order valence-corrected chi connectivity index (χ4v) is 9.54. The van der Waals surface area contributed by atoms with Crippen molar-refractivity contribution < 1.29 is 24.9 Å². The number of ether oxygens (including phenoxy) is 1. The Bertz CT molecular complexity index is 696. The normalized spacial score (nSPS) is 51.3. The minimum absolute atomic E-state index is 0.0840. The van der Waals surface area contributed by atoms with Crippen LogP contribution in [0.2, 0.25) is 0 Å². The van der Waals surface area contributed by atoms with Gasteiger partial charge in [-0.3, -0.25) is 4.79 Å². The lowest BCUT2D eigenvalue weighted by Gasteiger charge is -2.65. The molecule has 4 fully saturated rings. The minimum atomic E-state index is -0.378. The summed E-state index contributed by atoms with van der Waals surface area (Å²) in [6.07, 6.45) is 6.69. The summed E-state index contributed by atoms with van der Waals surface area (Å²) in [7, 11) is 1.44. The summed E-state index contributed by atoms with van der Waals surface area (Å²) in [5, 5.41) is 33.9. The van der Waals surface area contributed by atoms with E-state index in [1.807, 2.05) is 0 Å². The molecule has 4 saturated carbocycles. The first-order valence-electron chi connectivity index (χ1n) is 13.2. The van der Waals surface area contributed by atoms with Crippen molar-refractivity contribution in [2.75, 3.05) is 7.11 Å². The van der Waals surface area contributed by atoms with E-state index < -0.39 is 0 Å². The Labute approximate surface area is 194 Å². The van der Waals surface area contributed by atoms with E-state index in [-0.39, 0.29) is 46.9 Å². The molecule has 5 nitrogen and oxygen atoms in total. The molecule has 0 bridgehead atoms. The number of methoxy groups -OCH3 is 1. The Hall–Kier alpha value is -0.650. The molecular weight excluding hydrogens is 404 g/mol. The third-order valence-electron chi connectivity index (χ3n) is 11.3. The standard InChI is InChI=1S/C27H46O5/c1-6-17-20-13-16(28)11-12-26(20,3)21-14-22(29)27(4)18(15(2)7-10-23(30)32-5)8-9-19(27)24(21)25(17)31/h15-22,24-25,28-29,31H,6-14H2,1-5H3/t15-,16-,17-,18-,19?,20+,21?,22+,24?,25?,26+,27-/m1/s1. The van der Waals surface area contributed by atoms with Crippen LogP contribution < -0.4 is 0 Å². The van der Waals surface area contributed by atoms with Gasteiger partial charge >= 0.3 is 5.97 Å². The molecule has 32 heavy (non-hydrogen) atoms. The lowest BCUT2D eigenvalue weighted by Crippen LogP contribution is -2.65. The van der Waals surface area contributed by atoms with Gasteiger partial charge in [0.2, 0.25) is 0 Å². The average Bonchev–Trinajstić information content (AvgIpc) is 3.12. The summed E-state index contributed by atoms with van der Waals surface area (Å²) in [4.78, 5) is 11.7. The Kier molecular flexibility index (Phi) is 6.77. The van der Waals surface area contributed by atoms with E-state index in [4.69, 9.17) is 4.74 Å². The second-order valence-corrected chi connectivity index (χ2v) is 12.3. The quantitative estimate of drug-likeness (QED) is 0.547. The van der Waals surface area contributed by atoms with Gasteiger partial charge in [-0.05, 0) is 97.2 Å². The van der Waals surface area contributed by atoms with E-state index in [0.717, 1.165) is 51.4 Å². The number of esters is 1. The number of aliphatic hydroxyl groups excluding tert-OH is 3. The molecule has 0 aromatic heterocycles. The van der Waals surface area contributed by atoms with Gasteiger partial charge < -0.3 is 20.1 Å². The number of aliphatic hydroxyl groups is 3. The predicted molar refractivity (Wildman–Crippen MR) is 124 cm³/mol. The number of carbonyl (C=O) groups excluding carboxylic acids is 1. The van der Waals surface area contributed by atoms with Crippen LogP contribution in [-0.2, 0) is 9.53 Å². The Morgan fingerprint density at radius 2 is 1.78 bits per heavy atom. The molecule has 5 heteroatoms. The second kappa shape index (κ2) is 8.85. The largest absolute Gasteiger partial charge is 0.469 e. The van der Waals surface area contributed by atoms with Crippen molar-refractivity contribution in [2.24, 2.45) is 52.3 Å². The van der Waals surface area contributed by atoms with Crippen LogP contribution in [0.15, 0.2) is 0 Å². The molecule has 0 amide bonds. The van der Waals surface area contributed by atoms with Gasteiger partial charge in [0.05, 0.1) is 25.4 Å². The van der Waals surface area contributed by atoms with Crippen LogP contribution in [0.1, 0.15) is 85.5 Å². The third kappa shape index (κ3) is 3.56. The molecule has 0 aromatic carbocycles. The topological polar surface area (TPSA) is 87.0 Å². The first kappa shape index (κ1) is 24.5. The summed E-state index contributed by atoms with van der Waals surface area (Å²) in [6, 6.07) is 0. The lowest BCUT2D eigenvalue weighted by atomic mass is 9.41. The van der Waals surface area contributed by atoms with Gasteiger partial charge in [-0.15, -0.1) is 0 Å². The molecule has 0 aliphatic heterocycles. The van der Waals surface area contributed by atoms with Gasteiger partial charge in [-0.2, -0.15) is 0 Å². The van der Waals surface area contributed by atoms with Crippen molar-refractivity contribution >= 4 is 5.97 Å². The Morgan fingerprint density at radius 1 is 1.06 bits per heavy atom. The zero-order valence-corrected chi connectivity index (χ0v) is 20.8. The Morgan fingerprint density at radius 3 is 2.44 bits per heavy atom. The highest BCUT2D eigenvalue weighted by atomic mass is 16.5. The van der Waals surface area contributed by atoms with E-state index in [1.54, 1.807) is 0 Å². The summed E-state index contributed by atoms with van der Waals surface area (Å²) < 4.78 is 4.85. The van der Waals surface area contributed by atoms with Gasteiger partial charge in [-0.1, -0.05) is 34.1 Å². The molecule has 0 spiro atoms. The zero-order valence-electron chi connectivity index (χ0n) is 20.8. The number of hydrogen-bond acceptors (Lipinski definition) is 5. The number of fused-ring (bicyclic) bond motifs is 5. The maximum atomic E-state index is 11.8. The molecule has 4 aliphatic rings. The fourth-order valence-electron chi connectivity index (χ4n) is 9.54. The van der Waals surface area contributed by atoms with E-state index in [0.29, 0.717) is 36.0 Å². The summed E-state index contributed by atoms with van der Waals surface area (Å²) in [6.45, 7) is 9.10. The fraction of sp³-hybridized carbons (Fsp3) is 0.963. The van der Waals surface area contributed by atoms with Crippen LogP contribution in [0.4, 0.5) is 0 Å². The maximum Gasteiger partial charge on any atom is 0.305 e. The monoisotopic (exact) mass is 450 g/mol. The molecule has 12 atom stereocenters. The number of carbonyl (C=O) groups is 1. The van der Waals surface area contributed by atoms with Crippen molar-refractivity contribution in [2.45, 2.75) is 104 Å². The second-order valence-electron chi connectivity index (χ2n) is 12.3. The molecule has 4 rings (SSSR count). The highest BCUT2D eigenvalue weighted by molar-refractivity contribution is 5.69. The smallest absolute Gasteiger partial charge is 0.305 e. The molecule has 0 aromatic rings. The van der Waals surface area contributed by atoms with E-state index in [2.05, 4.69) is 27.7 Å². The third-order valence-corrected chi connectivity index (χ3v) is 11.3. The van der Waals surface area contributed by atoms with Crippen molar-refractivity contribution in [3.05, 3.63) is 0 Å².